The number of benzene rings is 2. The molecule has 0 spiro atoms. The topological polar surface area (TPSA) is 51.2 Å². The molecule has 0 atom stereocenters. The summed E-state index contributed by atoms with van der Waals surface area (Å²) in [7, 11) is 0. The van der Waals surface area contributed by atoms with Crippen LogP contribution in [0.2, 0.25) is 0 Å². The summed E-state index contributed by atoms with van der Waals surface area (Å²) in [5, 5.41) is 3.70. The van der Waals surface area contributed by atoms with E-state index in [1.807, 2.05) is 68.4 Å². The van der Waals surface area contributed by atoms with Crippen LogP contribution in [0.15, 0.2) is 54.6 Å². The maximum atomic E-state index is 12.5. The lowest BCUT2D eigenvalue weighted by Gasteiger charge is -2.04. The first-order valence-electron chi connectivity index (χ1n) is 7.64. The molecule has 0 unspecified atom stereocenters. The summed E-state index contributed by atoms with van der Waals surface area (Å²) in [6.07, 6.45) is 0. The van der Waals surface area contributed by atoms with Crippen molar-refractivity contribution in [2.24, 2.45) is 0 Å². The van der Waals surface area contributed by atoms with E-state index >= 15 is 0 Å². The molecule has 122 valence electrons. The largest absolute Gasteiger partial charge is 0.486 e. The number of aryl methyl sites for hydroxylation is 2. The zero-order valence-electron chi connectivity index (χ0n) is 13.6. The van der Waals surface area contributed by atoms with E-state index in [2.05, 4.69) is 10.3 Å². The molecule has 1 amide bonds. The molecule has 1 heterocycles. The average molecular weight is 338 g/mol. The first kappa shape index (κ1) is 16.2. The van der Waals surface area contributed by atoms with Gasteiger partial charge in [0, 0.05) is 5.69 Å². The molecule has 1 N–H and O–H groups in total. The van der Waals surface area contributed by atoms with Gasteiger partial charge in [0.15, 0.2) is 0 Å². The van der Waals surface area contributed by atoms with Crippen LogP contribution in [-0.2, 0) is 6.61 Å². The number of amides is 1. The van der Waals surface area contributed by atoms with Crippen molar-refractivity contribution < 1.29 is 9.53 Å². The molecule has 3 aromatic rings. The van der Waals surface area contributed by atoms with Crippen LogP contribution in [0, 0.1) is 13.8 Å². The highest BCUT2D eigenvalue weighted by molar-refractivity contribution is 7.13. The number of hydrogen-bond donors (Lipinski definition) is 1. The molecule has 0 saturated heterocycles. The molecule has 2 aromatic carbocycles. The number of nitrogens with zero attached hydrogens (tertiary/aromatic N) is 1. The van der Waals surface area contributed by atoms with Crippen LogP contribution >= 0.6 is 11.3 Å². The van der Waals surface area contributed by atoms with Gasteiger partial charge in [-0.2, -0.15) is 0 Å². The minimum absolute atomic E-state index is 0.137. The first-order valence-corrected chi connectivity index (χ1v) is 8.45. The van der Waals surface area contributed by atoms with Crippen molar-refractivity contribution in [2.45, 2.75) is 20.5 Å². The van der Waals surface area contributed by atoms with Gasteiger partial charge in [-0.3, -0.25) is 4.79 Å². The van der Waals surface area contributed by atoms with Crippen LogP contribution in [0.3, 0.4) is 0 Å². The smallest absolute Gasteiger partial charge is 0.267 e. The van der Waals surface area contributed by atoms with E-state index in [4.69, 9.17) is 4.74 Å². The van der Waals surface area contributed by atoms with Crippen molar-refractivity contribution in [1.29, 1.82) is 0 Å². The number of thiazole rings is 1. The van der Waals surface area contributed by atoms with Gasteiger partial charge < -0.3 is 10.1 Å². The Morgan fingerprint density at radius 2 is 1.92 bits per heavy atom. The van der Waals surface area contributed by atoms with Gasteiger partial charge in [0.05, 0.1) is 5.69 Å². The first-order chi connectivity index (χ1) is 11.6. The second-order valence-electron chi connectivity index (χ2n) is 5.45. The molecule has 0 aliphatic carbocycles. The minimum Gasteiger partial charge on any atom is -0.486 e. The molecular weight excluding hydrogens is 320 g/mol. The van der Waals surface area contributed by atoms with Crippen LogP contribution < -0.4 is 10.1 Å². The molecule has 1 aromatic heterocycles. The van der Waals surface area contributed by atoms with Gasteiger partial charge in [-0.05, 0) is 43.7 Å². The summed E-state index contributed by atoms with van der Waals surface area (Å²) in [6, 6.07) is 17.3. The third kappa shape index (κ3) is 4.00. The van der Waals surface area contributed by atoms with Gasteiger partial charge in [0.1, 0.15) is 22.2 Å². The maximum Gasteiger partial charge on any atom is 0.267 e. The van der Waals surface area contributed by atoms with Gasteiger partial charge in [-0.15, -0.1) is 11.3 Å². The SMILES string of the molecule is Cc1cccc(NC(=O)c2sc(COc3ccccc3)nc2C)c1. The van der Waals surface area contributed by atoms with Gasteiger partial charge in [0.25, 0.3) is 5.91 Å². The van der Waals surface area contributed by atoms with Gasteiger partial charge in [0.2, 0.25) is 0 Å². The lowest BCUT2D eigenvalue weighted by Crippen LogP contribution is -2.11. The molecule has 24 heavy (non-hydrogen) atoms. The zero-order chi connectivity index (χ0) is 16.9. The lowest BCUT2D eigenvalue weighted by atomic mass is 10.2. The van der Waals surface area contributed by atoms with Crippen LogP contribution in [0.4, 0.5) is 5.69 Å². The number of rotatable bonds is 5. The molecule has 4 nitrogen and oxygen atoms in total. The summed E-state index contributed by atoms with van der Waals surface area (Å²) >= 11 is 1.36. The van der Waals surface area contributed by atoms with E-state index in [-0.39, 0.29) is 5.91 Å². The fraction of sp³-hybridized carbons (Fsp3) is 0.158. The van der Waals surface area contributed by atoms with Crippen molar-refractivity contribution in [3.63, 3.8) is 0 Å². The van der Waals surface area contributed by atoms with Crippen molar-refractivity contribution in [2.75, 3.05) is 5.32 Å². The normalized spacial score (nSPS) is 10.4. The van der Waals surface area contributed by atoms with Crippen LogP contribution in [-0.4, -0.2) is 10.9 Å². The number of carbonyl (C=O) groups excluding carboxylic acids is 1. The maximum absolute atomic E-state index is 12.5. The fourth-order valence-electron chi connectivity index (χ4n) is 2.30. The lowest BCUT2D eigenvalue weighted by molar-refractivity contribution is 0.103. The van der Waals surface area contributed by atoms with E-state index in [9.17, 15) is 4.79 Å². The average Bonchev–Trinajstić information content (AvgIpc) is 2.95. The summed E-state index contributed by atoms with van der Waals surface area (Å²) in [4.78, 5) is 17.5. The number of anilines is 1. The molecule has 0 fully saturated rings. The Bertz CT molecular complexity index is 844. The van der Waals surface area contributed by atoms with E-state index in [1.54, 1.807) is 0 Å². The van der Waals surface area contributed by atoms with Crippen molar-refractivity contribution >= 4 is 22.9 Å². The van der Waals surface area contributed by atoms with E-state index in [0.717, 1.165) is 27.7 Å². The van der Waals surface area contributed by atoms with Crippen LogP contribution in [0.1, 0.15) is 25.9 Å². The molecule has 0 aliphatic heterocycles. The fourth-order valence-corrected chi connectivity index (χ4v) is 3.17. The van der Waals surface area contributed by atoms with E-state index in [0.29, 0.717) is 11.5 Å². The molecule has 5 heteroatoms. The Balaban J connectivity index is 1.68. The highest BCUT2D eigenvalue weighted by Gasteiger charge is 2.16. The van der Waals surface area contributed by atoms with E-state index in [1.165, 1.54) is 11.3 Å². The number of hydrogen-bond acceptors (Lipinski definition) is 4. The second-order valence-corrected chi connectivity index (χ2v) is 6.53. The summed E-state index contributed by atoms with van der Waals surface area (Å²) in [5.74, 6) is 0.651. The Morgan fingerprint density at radius 1 is 1.12 bits per heavy atom. The monoisotopic (exact) mass is 338 g/mol. The molecule has 0 aliphatic rings. The molecule has 0 bridgehead atoms. The Labute approximate surface area is 145 Å². The number of aromatic nitrogens is 1. The van der Waals surface area contributed by atoms with Crippen molar-refractivity contribution in [1.82, 2.24) is 4.98 Å². The predicted molar refractivity (Wildman–Crippen MR) is 96.8 cm³/mol. The Morgan fingerprint density at radius 3 is 2.67 bits per heavy atom. The minimum atomic E-state index is -0.137. The quantitative estimate of drug-likeness (QED) is 0.740. The molecule has 0 radical (unpaired) electrons. The number of carbonyl (C=O) groups is 1. The third-order valence-corrected chi connectivity index (χ3v) is 4.56. The second kappa shape index (κ2) is 7.27. The highest BCUT2D eigenvalue weighted by Crippen LogP contribution is 2.22. The van der Waals surface area contributed by atoms with Gasteiger partial charge in [-0.25, -0.2) is 4.98 Å². The molecule has 0 saturated carbocycles. The summed E-state index contributed by atoms with van der Waals surface area (Å²) in [6.45, 7) is 4.19. The van der Waals surface area contributed by atoms with Crippen LogP contribution in [0.5, 0.6) is 5.75 Å². The predicted octanol–water partition coefficient (Wildman–Crippen LogP) is 4.59. The summed E-state index contributed by atoms with van der Waals surface area (Å²) in [5.41, 5.74) is 2.61. The molecule has 3 rings (SSSR count). The highest BCUT2D eigenvalue weighted by atomic mass is 32.1. The Hall–Kier alpha value is -2.66. The standard InChI is InChI=1S/C19H18N2O2S/c1-13-7-6-8-15(11-13)21-19(22)18-14(2)20-17(24-18)12-23-16-9-4-3-5-10-16/h3-11H,12H2,1-2H3,(H,21,22). The number of ether oxygens (including phenoxy) is 1. The zero-order valence-corrected chi connectivity index (χ0v) is 14.4. The van der Waals surface area contributed by atoms with E-state index < -0.39 is 0 Å². The third-order valence-electron chi connectivity index (χ3n) is 3.43. The van der Waals surface area contributed by atoms with Crippen molar-refractivity contribution in [3.8, 4) is 5.75 Å². The number of para-hydroxylation sites is 1. The molecular formula is C19H18N2O2S. The van der Waals surface area contributed by atoms with Crippen LogP contribution in [0.25, 0.3) is 0 Å². The van der Waals surface area contributed by atoms with Gasteiger partial charge >= 0.3 is 0 Å². The summed E-state index contributed by atoms with van der Waals surface area (Å²) < 4.78 is 5.69. The van der Waals surface area contributed by atoms with Crippen molar-refractivity contribution in [3.05, 3.63) is 75.7 Å². The van der Waals surface area contributed by atoms with Gasteiger partial charge in [-0.1, -0.05) is 30.3 Å². The Kier molecular flexibility index (Phi) is 4.91. The number of nitrogens with one attached hydrogen (secondary N) is 1.